The topological polar surface area (TPSA) is 98.1 Å². The van der Waals surface area contributed by atoms with Crippen LogP contribution in [0.3, 0.4) is 0 Å². The fraction of sp³-hybridized carbons (Fsp3) is 0.143. The van der Waals surface area contributed by atoms with Crippen LogP contribution in [0.4, 0.5) is 15.9 Å². The predicted octanol–water partition coefficient (Wildman–Crippen LogP) is 3.21. The quantitative estimate of drug-likeness (QED) is 0.504. The Balaban J connectivity index is 1.56. The Morgan fingerprint density at radius 3 is 2.87 bits per heavy atom. The van der Waals surface area contributed by atoms with E-state index in [4.69, 9.17) is 4.74 Å². The summed E-state index contributed by atoms with van der Waals surface area (Å²) in [5, 5.41) is 10.6. The van der Waals surface area contributed by atoms with Crippen molar-refractivity contribution < 1.29 is 18.7 Å². The minimum absolute atomic E-state index is 0.134. The normalized spacial score (nSPS) is 19.3. The van der Waals surface area contributed by atoms with Crippen LogP contribution in [0.25, 0.3) is 15.3 Å². The van der Waals surface area contributed by atoms with Gasteiger partial charge in [-0.05, 0) is 42.0 Å². The maximum absolute atomic E-state index is 14.1. The second-order valence-electron chi connectivity index (χ2n) is 7.42. The number of ether oxygens (including phenoxy) is 1. The second-order valence-corrected chi connectivity index (χ2v) is 8.43. The first kappa shape index (κ1) is 18.0. The average Bonchev–Trinajstić information content (AvgIpc) is 3.43. The third-order valence-corrected chi connectivity index (χ3v) is 6.75. The number of carbonyl (C=O) groups excluding carboxylic acids is 2. The molecule has 31 heavy (non-hydrogen) atoms. The van der Waals surface area contributed by atoms with E-state index in [1.165, 1.54) is 34.2 Å². The lowest BCUT2D eigenvalue weighted by Gasteiger charge is -2.31. The summed E-state index contributed by atoms with van der Waals surface area (Å²) in [7, 11) is 1.59. The molecule has 6 rings (SSSR count). The zero-order chi connectivity index (χ0) is 21.3. The highest BCUT2D eigenvalue weighted by Crippen LogP contribution is 2.50. The monoisotopic (exact) mass is 435 g/mol. The molecule has 2 aromatic heterocycles. The number of aromatic nitrogens is 3. The summed E-state index contributed by atoms with van der Waals surface area (Å²) in [4.78, 5) is 30.4. The van der Waals surface area contributed by atoms with Crippen molar-refractivity contribution in [3.05, 3.63) is 59.5 Å². The van der Waals surface area contributed by atoms with Crippen molar-refractivity contribution in [3.63, 3.8) is 0 Å². The molecule has 1 spiro atoms. The maximum Gasteiger partial charge on any atom is 0.240 e. The van der Waals surface area contributed by atoms with Gasteiger partial charge in [-0.2, -0.15) is 9.78 Å². The van der Waals surface area contributed by atoms with Crippen LogP contribution < -0.4 is 15.4 Å². The first-order valence-electron chi connectivity index (χ1n) is 9.44. The number of benzene rings is 2. The summed E-state index contributed by atoms with van der Waals surface area (Å²) in [5.74, 6) is -0.148. The van der Waals surface area contributed by atoms with Crippen LogP contribution in [0.1, 0.15) is 17.5 Å². The molecule has 2 N–H and O–H groups in total. The van der Waals surface area contributed by atoms with Crippen molar-refractivity contribution in [2.75, 3.05) is 17.7 Å². The minimum atomic E-state index is -1.34. The van der Waals surface area contributed by atoms with Crippen molar-refractivity contribution in [2.24, 2.45) is 0 Å². The van der Waals surface area contributed by atoms with Crippen LogP contribution in [0.5, 0.6) is 5.75 Å². The molecule has 2 aliphatic rings. The average molecular weight is 435 g/mol. The van der Waals surface area contributed by atoms with E-state index < -0.39 is 11.2 Å². The van der Waals surface area contributed by atoms with Gasteiger partial charge in [0.25, 0.3) is 0 Å². The van der Waals surface area contributed by atoms with E-state index in [1.807, 2.05) is 18.2 Å². The smallest absolute Gasteiger partial charge is 0.240 e. The summed E-state index contributed by atoms with van der Waals surface area (Å²) in [5.41, 5.74) is 0.848. The third kappa shape index (κ3) is 2.39. The number of hydrogen-bond donors (Lipinski definition) is 2. The van der Waals surface area contributed by atoms with E-state index in [2.05, 4.69) is 20.7 Å². The van der Waals surface area contributed by atoms with Crippen LogP contribution in [-0.2, 0) is 15.0 Å². The Morgan fingerprint density at radius 2 is 2.03 bits per heavy atom. The van der Waals surface area contributed by atoms with E-state index in [9.17, 15) is 14.0 Å². The molecule has 0 bridgehead atoms. The van der Waals surface area contributed by atoms with Gasteiger partial charge in [0.1, 0.15) is 22.8 Å². The molecule has 10 heteroatoms. The highest BCUT2D eigenvalue weighted by Gasteiger charge is 2.54. The van der Waals surface area contributed by atoms with Gasteiger partial charge < -0.3 is 15.4 Å². The summed E-state index contributed by atoms with van der Waals surface area (Å²) >= 11 is 1.38. The molecule has 154 valence electrons. The van der Waals surface area contributed by atoms with Gasteiger partial charge in [0.05, 0.1) is 23.5 Å². The molecule has 0 saturated heterocycles. The molecule has 4 aromatic rings. The summed E-state index contributed by atoms with van der Waals surface area (Å²) in [6, 6.07) is 9.62. The van der Waals surface area contributed by atoms with Crippen LogP contribution in [0.15, 0.2) is 42.6 Å². The number of halogens is 1. The zero-order valence-corrected chi connectivity index (χ0v) is 16.9. The number of methoxy groups -OCH3 is 1. The van der Waals surface area contributed by atoms with Crippen LogP contribution in [-0.4, -0.2) is 33.7 Å². The number of nitrogens with one attached hydrogen (secondary N) is 2. The molecule has 0 saturated carbocycles. The molecule has 0 aliphatic carbocycles. The summed E-state index contributed by atoms with van der Waals surface area (Å²) in [6.07, 6.45) is 1.41. The summed E-state index contributed by atoms with van der Waals surface area (Å²) < 4.78 is 21.7. The Hall–Kier alpha value is -3.79. The Labute approximate surface area is 178 Å². The largest absolute Gasteiger partial charge is 0.497 e. The zero-order valence-electron chi connectivity index (χ0n) is 16.1. The SMILES string of the molecule is COc1ccc2nc(-n3ncc4c3NC(=O)C[C@@]43C(=O)Nc4ccc(F)cc43)sc2c1. The van der Waals surface area contributed by atoms with Crippen molar-refractivity contribution >= 4 is 44.9 Å². The summed E-state index contributed by atoms with van der Waals surface area (Å²) in [6.45, 7) is 0. The lowest BCUT2D eigenvalue weighted by Crippen LogP contribution is -2.43. The highest BCUT2D eigenvalue weighted by atomic mass is 32.1. The van der Waals surface area contributed by atoms with Crippen molar-refractivity contribution in [3.8, 4) is 10.9 Å². The molecule has 1 atom stereocenters. The van der Waals surface area contributed by atoms with Gasteiger partial charge in [-0.3, -0.25) is 9.59 Å². The molecular formula is C21H14FN5O3S. The van der Waals surface area contributed by atoms with Gasteiger partial charge in [-0.15, -0.1) is 0 Å². The van der Waals surface area contributed by atoms with Gasteiger partial charge >= 0.3 is 0 Å². The van der Waals surface area contributed by atoms with E-state index in [1.54, 1.807) is 13.3 Å². The molecular weight excluding hydrogens is 421 g/mol. The van der Waals surface area contributed by atoms with Crippen molar-refractivity contribution in [2.45, 2.75) is 11.8 Å². The second kappa shape index (κ2) is 6.11. The number of anilines is 2. The fourth-order valence-corrected chi connectivity index (χ4v) is 5.28. The lowest BCUT2D eigenvalue weighted by molar-refractivity contribution is -0.125. The molecule has 8 nitrogen and oxygen atoms in total. The molecule has 0 radical (unpaired) electrons. The maximum atomic E-state index is 14.1. The number of fused-ring (bicyclic) bond motifs is 5. The molecule has 0 fully saturated rings. The molecule has 2 aromatic carbocycles. The van der Waals surface area contributed by atoms with Crippen molar-refractivity contribution in [1.82, 2.24) is 14.8 Å². The van der Waals surface area contributed by atoms with E-state index in [0.29, 0.717) is 33.5 Å². The Morgan fingerprint density at radius 1 is 1.16 bits per heavy atom. The van der Waals surface area contributed by atoms with Gasteiger partial charge in [0, 0.05) is 17.7 Å². The van der Waals surface area contributed by atoms with E-state index in [-0.39, 0.29) is 18.2 Å². The number of nitrogens with zero attached hydrogens (tertiary/aromatic N) is 3. The first-order chi connectivity index (χ1) is 15.0. The number of thiazole rings is 1. The molecule has 4 heterocycles. The fourth-order valence-electron chi connectivity index (χ4n) is 4.32. The first-order valence-corrected chi connectivity index (χ1v) is 10.3. The third-order valence-electron chi connectivity index (χ3n) is 5.76. The van der Waals surface area contributed by atoms with Crippen LogP contribution in [0.2, 0.25) is 0 Å². The standard InChI is InChI=1S/C21H14FN5O3S/c1-30-11-3-5-15-16(7-11)31-20(25-15)27-18-13(9-23-27)21(8-17(28)26-18)12-6-10(22)2-4-14(12)24-19(21)29/h2-7,9H,8H2,1H3,(H,24,29)(H,26,28)/t21-/m0/s1. The van der Waals surface area contributed by atoms with Crippen molar-refractivity contribution in [1.29, 1.82) is 0 Å². The number of rotatable bonds is 2. The molecule has 2 amide bonds. The van der Waals surface area contributed by atoms with E-state index in [0.717, 1.165) is 10.2 Å². The van der Waals surface area contributed by atoms with Gasteiger partial charge in [0.15, 0.2) is 0 Å². The predicted molar refractivity (Wildman–Crippen MR) is 112 cm³/mol. The Kier molecular flexibility index (Phi) is 3.55. The Bertz CT molecular complexity index is 1430. The van der Waals surface area contributed by atoms with Crippen LogP contribution >= 0.6 is 11.3 Å². The van der Waals surface area contributed by atoms with E-state index >= 15 is 0 Å². The van der Waals surface area contributed by atoms with Crippen LogP contribution in [0, 0.1) is 5.82 Å². The van der Waals surface area contributed by atoms with Gasteiger partial charge in [-0.1, -0.05) is 11.3 Å². The number of hydrogen-bond acceptors (Lipinski definition) is 6. The molecule has 2 aliphatic heterocycles. The lowest BCUT2D eigenvalue weighted by atomic mass is 9.72. The highest BCUT2D eigenvalue weighted by molar-refractivity contribution is 7.20. The minimum Gasteiger partial charge on any atom is -0.497 e. The molecule has 0 unspecified atom stereocenters. The number of carbonyl (C=O) groups is 2. The van der Waals surface area contributed by atoms with Gasteiger partial charge in [0.2, 0.25) is 16.9 Å². The van der Waals surface area contributed by atoms with Gasteiger partial charge in [-0.25, -0.2) is 9.37 Å². The number of amides is 2.